The molecule has 0 radical (unpaired) electrons. The molecule has 0 atom stereocenters. The van der Waals surface area contributed by atoms with Crippen LogP contribution in [0.15, 0.2) is 41.8 Å². The summed E-state index contributed by atoms with van der Waals surface area (Å²) in [6.07, 6.45) is -0.275. The largest absolute Gasteiger partial charge is 0.550 e. The molecule has 0 fully saturated rings. The van der Waals surface area contributed by atoms with Gasteiger partial charge in [-0.1, -0.05) is 29.3 Å². The Morgan fingerprint density at radius 3 is 2.65 bits per heavy atom. The van der Waals surface area contributed by atoms with Gasteiger partial charge in [-0.2, -0.15) is 0 Å². The molecular weight excluding hydrogens is 400 g/mol. The van der Waals surface area contributed by atoms with Crippen LogP contribution < -0.4 is 9.84 Å². The van der Waals surface area contributed by atoms with Crippen LogP contribution in [0, 0.1) is 5.82 Å². The zero-order valence-corrected chi connectivity index (χ0v) is 15.5. The molecule has 1 aromatic heterocycles. The number of hydrogen-bond donors (Lipinski definition) is 0. The van der Waals surface area contributed by atoms with Gasteiger partial charge in [-0.3, -0.25) is 0 Å². The molecular formula is C18H11Cl2FNO3S-. The van der Waals surface area contributed by atoms with Gasteiger partial charge >= 0.3 is 0 Å². The lowest BCUT2D eigenvalue weighted by molar-refractivity contribution is -0.304. The van der Waals surface area contributed by atoms with E-state index in [9.17, 15) is 14.3 Å². The van der Waals surface area contributed by atoms with Gasteiger partial charge in [0.25, 0.3) is 0 Å². The Balaban J connectivity index is 1.86. The number of nitrogens with zero attached hydrogens (tertiary/aromatic N) is 1. The van der Waals surface area contributed by atoms with Crippen molar-refractivity contribution >= 4 is 40.5 Å². The second kappa shape index (κ2) is 8.03. The lowest BCUT2D eigenvalue weighted by Crippen LogP contribution is -2.24. The van der Waals surface area contributed by atoms with Crippen LogP contribution in [-0.4, -0.2) is 11.0 Å². The lowest BCUT2D eigenvalue weighted by Gasteiger charge is -2.11. The smallest absolute Gasteiger partial charge is 0.131 e. The zero-order chi connectivity index (χ0) is 18.7. The summed E-state index contributed by atoms with van der Waals surface area (Å²) in [5, 5.41) is 13.7. The fourth-order valence-electron chi connectivity index (χ4n) is 2.25. The summed E-state index contributed by atoms with van der Waals surface area (Å²) in [6, 6.07) is 9.32. The van der Waals surface area contributed by atoms with E-state index in [4.69, 9.17) is 27.9 Å². The van der Waals surface area contributed by atoms with Gasteiger partial charge < -0.3 is 14.6 Å². The van der Waals surface area contributed by atoms with E-state index in [1.807, 2.05) is 0 Å². The van der Waals surface area contributed by atoms with Crippen molar-refractivity contribution in [2.75, 3.05) is 0 Å². The molecule has 1 heterocycles. The summed E-state index contributed by atoms with van der Waals surface area (Å²) in [5.41, 5.74) is 1.34. The number of rotatable bonds is 6. The number of thiazole rings is 1. The first-order chi connectivity index (χ1) is 12.4. The number of aromatic nitrogens is 1. The van der Waals surface area contributed by atoms with Crippen LogP contribution in [-0.2, 0) is 17.8 Å². The number of hydrogen-bond acceptors (Lipinski definition) is 5. The Morgan fingerprint density at radius 2 is 1.92 bits per heavy atom. The van der Waals surface area contributed by atoms with E-state index < -0.39 is 11.8 Å². The number of carbonyl (C=O) groups excluding carboxylic acids is 1. The molecule has 26 heavy (non-hydrogen) atoms. The van der Waals surface area contributed by atoms with Crippen molar-refractivity contribution in [2.45, 2.75) is 13.0 Å². The highest BCUT2D eigenvalue weighted by Gasteiger charge is 2.13. The van der Waals surface area contributed by atoms with Crippen molar-refractivity contribution in [1.82, 2.24) is 4.98 Å². The Bertz CT molecular complexity index is 961. The molecule has 2 aromatic carbocycles. The van der Waals surface area contributed by atoms with Crippen molar-refractivity contribution in [2.24, 2.45) is 0 Å². The highest BCUT2D eigenvalue weighted by molar-refractivity contribution is 7.13. The molecule has 0 amide bonds. The van der Waals surface area contributed by atoms with Gasteiger partial charge in [0, 0.05) is 33.4 Å². The summed E-state index contributed by atoms with van der Waals surface area (Å²) >= 11 is 13.1. The van der Waals surface area contributed by atoms with E-state index in [1.54, 1.807) is 35.7 Å². The molecule has 3 aromatic rings. The van der Waals surface area contributed by atoms with Gasteiger partial charge in [0.2, 0.25) is 0 Å². The summed E-state index contributed by atoms with van der Waals surface area (Å²) in [5.74, 6) is -1.21. The number of carboxylic acids is 1. The summed E-state index contributed by atoms with van der Waals surface area (Å²) in [4.78, 5) is 15.0. The number of carboxylic acid groups (broad SMARTS) is 1. The Labute approximate surface area is 162 Å². The molecule has 134 valence electrons. The summed E-state index contributed by atoms with van der Waals surface area (Å²) < 4.78 is 19.6. The quantitative estimate of drug-likeness (QED) is 0.612. The molecule has 0 saturated heterocycles. The van der Waals surface area contributed by atoms with Crippen LogP contribution in [0.25, 0.3) is 10.6 Å². The minimum atomic E-state index is -1.21. The van der Waals surface area contributed by atoms with Gasteiger partial charge in [-0.15, -0.1) is 11.3 Å². The van der Waals surface area contributed by atoms with Crippen molar-refractivity contribution in [3.8, 4) is 16.3 Å². The number of carbonyl (C=O) groups is 1. The third-order valence-corrected chi connectivity index (χ3v) is 4.84. The lowest BCUT2D eigenvalue weighted by atomic mass is 10.2. The molecule has 8 heteroatoms. The number of aliphatic carboxylic acids is 1. The van der Waals surface area contributed by atoms with E-state index in [2.05, 4.69) is 4.98 Å². The van der Waals surface area contributed by atoms with Gasteiger partial charge in [0.1, 0.15) is 23.2 Å². The van der Waals surface area contributed by atoms with Crippen LogP contribution in [0.4, 0.5) is 4.39 Å². The summed E-state index contributed by atoms with van der Waals surface area (Å²) in [7, 11) is 0. The van der Waals surface area contributed by atoms with E-state index in [-0.39, 0.29) is 13.0 Å². The van der Waals surface area contributed by atoms with Crippen molar-refractivity contribution < 1.29 is 19.0 Å². The van der Waals surface area contributed by atoms with Crippen molar-refractivity contribution in [3.63, 3.8) is 0 Å². The topological polar surface area (TPSA) is 62.2 Å². The molecule has 0 aliphatic rings. The zero-order valence-electron chi connectivity index (χ0n) is 13.2. The minimum Gasteiger partial charge on any atom is -0.550 e. The molecule has 0 N–H and O–H groups in total. The molecule has 0 bridgehead atoms. The maximum Gasteiger partial charge on any atom is 0.131 e. The maximum absolute atomic E-state index is 13.9. The van der Waals surface area contributed by atoms with Crippen LogP contribution >= 0.6 is 34.5 Å². The molecule has 0 saturated carbocycles. The molecule has 0 unspecified atom stereocenters. The van der Waals surface area contributed by atoms with E-state index in [0.29, 0.717) is 37.6 Å². The average molecular weight is 411 g/mol. The molecule has 3 rings (SSSR count). The van der Waals surface area contributed by atoms with E-state index in [1.165, 1.54) is 17.4 Å². The van der Waals surface area contributed by atoms with Crippen molar-refractivity contribution in [3.05, 3.63) is 68.9 Å². The predicted molar refractivity (Wildman–Crippen MR) is 97.0 cm³/mol. The standard InChI is InChI=1S/C18H12Cl2FNO3S/c19-11-3-4-16(25-8-10-1-2-12(20)6-15(10)21)14(5-11)18-22-13(9-26-18)7-17(23)24/h1-6,9H,7-8H2,(H,23,24)/p-1. The van der Waals surface area contributed by atoms with Gasteiger partial charge in [0.15, 0.2) is 0 Å². The second-order valence-corrected chi connectivity index (χ2v) is 7.09. The molecule has 0 aliphatic heterocycles. The molecule has 0 spiro atoms. The van der Waals surface area contributed by atoms with Crippen LogP contribution in [0.5, 0.6) is 5.75 Å². The van der Waals surface area contributed by atoms with Gasteiger partial charge in [-0.25, -0.2) is 9.37 Å². The maximum atomic E-state index is 13.9. The Hall–Kier alpha value is -2.15. The Kier molecular flexibility index (Phi) is 5.76. The highest BCUT2D eigenvalue weighted by Crippen LogP contribution is 2.35. The van der Waals surface area contributed by atoms with Crippen LogP contribution in [0.3, 0.4) is 0 Å². The number of benzene rings is 2. The SMILES string of the molecule is O=C([O-])Cc1csc(-c2cc(Cl)ccc2OCc2ccc(Cl)cc2F)n1. The monoisotopic (exact) mass is 410 g/mol. The first-order valence-electron chi connectivity index (χ1n) is 7.43. The Morgan fingerprint density at radius 1 is 1.19 bits per heavy atom. The third kappa shape index (κ3) is 4.52. The van der Waals surface area contributed by atoms with Gasteiger partial charge in [-0.05, 0) is 30.3 Å². The van der Waals surface area contributed by atoms with Crippen molar-refractivity contribution in [1.29, 1.82) is 0 Å². The predicted octanol–water partition coefficient (Wildman–Crippen LogP) is 4.13. The average Bonchev–Trinajstić information content (AvgIpc) is 3.02. The highest BCUT2D eigenvalue weighted by atomic mass is 35.5. The van der Waals surface area contributed by atoms with Crippen LogP contribution in [0.2, 0.25) is 10.0 Å². The van der Waals surface area contributed by atoms with Gasteiger partial charge in [0.05, 0.1) is 11.3 Å². The van der Waals surface area contributed by atoms with E-state index in [0.717, 1.165) is 0 Å². The third-order valence-electron chi connectivity index (χ3n) is 3.45. The fourth-order valence-corrected chi connectivity index (χ4v) is 3.42. The molecule has 0 aliphatic carbocycles. The molecule has 4 nitrogen and oxygen atoms in total. The second-order valence-electron chi connectivity index (χ2n) is 5.36. The van der Waals surface area contributed by atoms with Crippen LogP contribution in [0.1, 0.15) is 11.3 Å². The minimum absolute atomic E-state index is 0.00505. The summed E-state index contributed by atoms with van der Waals surface area (Å²) in [6.45, 7) is -0.00505. The number of ether oxygens (including phenoxy) is 1. The normalized spacial score (nSPS) is 10.7. The first kappa shape index (κ1) is 18.6. The fraction of sp³-hybridized carbons (Fsp3) is 0.111. The first-order valence-corrected chi connectivity index (χ1v) is 9.07. The number of halogens is 3. The van der Waals surface area contributed by atoms with E-state index >= 15 is 0 Å².